The van der Waals surface area contributed by atoms with E-state index in [1.54, 1.807) is 11.3 Å². The van der Waals surface area contributed by atoms with Gasteiger partial charge in [0.1, 0.15) is 16.1 Å². The highest BCUT2D eigenvalue weighted by atomic mass is 35.5. The summed E-state index contributed by atoms with van der Waals surface area (Å²) < 4.78 is 5.85. The molecule has 108 valence electrons. The van der Waals surface area contributed by atoms with Gasteiger partial charge in [-0.05, 0) is 25.5 Å². The van der Waals surface area contributed by atoms with Gasteiger partial charge in [0.25, 0.3) is 0 Å². The van der Waals surface area contributed by atoms with Crippen LogP contribution in [-0.4, -0.2) is 16.6 Å². The molecule has 0 radical (unpaired) electrons. The highest BCUT2D eigenvalue weighted by molar-refractivity contribution is 7.18. The number of aryl methyl sites for hydroxylation is 1. The van der Waals surface area contributed by atoms with Crippen molar-refractivity contribution < 1.29 is 4.74 Å². The van der Waals surface area contributed by atoms with Gasteiger partial charge < -0.3 is 4.74 Å². The van der Waals surface area contributed by atoms with Gasteiger partial charge in [-0.2, -0.15) is 0 Å². The maximum atomic E-state index is 6.31. The van der Waals surface area contributed by atoms with Crippen LogP contribution in [0.4, 0.5) is 0 Å². The van der Waals surface area contributed by atoms with Crippen molar-refractivity contribution in [2.75, 3.05) is 6.61 Å². The Bertz CT molecular complexity index is 758. The molecular weight excluding hydrogens is 304 g/mol. The molecule has 2 heterocycles. The van der Waals surface area contributed by atoms with E-state index in [0.717, 1.165) is 15.8 Å². The summed E-state index contributed by atoms with van der Waals surface area (Å²) in [6.07, 6.45) is -0.291. The van der Waals surface area contributed by atoms with Crippen LogP contribution in [0.25, 0.3) is 10.2 Å². The lowest BCUT2D eigenvalue weighted by molar-refractivity contribution is 0.0854. The van der Waals surface area contributed by atoms with E-state index in [9.17, 15) is 0 Å². The fourth-order valence-electron chi connectivity index (χ4n) is 2.25. The Balaban J connectivity index is 2.11. The molecule has 0 aliphatic heterocycles. The number of benzene rings is 1. The van der Waals surface area contributed by atoms with Gasteiger partial charge in [0.05, 0.1) is 0 Å². The lowest BCUT2D eigenvalue weighted by Crippen LogP contribution is -2.10. The molecule has 3 nitrogen and oxygen atoms in total. The number of thiophene rings is 1. The molecule has 5 heteroatoms. The largest absolute Gasteiger partial charge is 0.366 e. The number of hydrogen-bond acceptors (Lipinski definition) is 4. The zero-order valence-corrected chi connectivity index (χ0v) is 13.4. The van der Waals surface area contributed by atoms with Crippen LogP contribution in [0.2, 0.25) is 5.15 Å². The first-order chi connectivity index (χ1) is 10.2. The summed E-state index contributed by atoms with van der Waals surface area (Å²) in [6, 6.07) is 12.0. The van der Waals surface area contributed by atoms with E-state index in [2.05, 4.69) is 9.97 Å². The zero-order chi connectivity index (χ0) is 14.8. The zero-order valence-electron chi connectivity index (χ0n) is 11.8. The number of hydrogen-bond donors (Lipinski definition) is 0. The van der Waals surface area contributed by atoms with Crippen LogP contribution in [0, 0.1) is 6.92 Å². The van der Waals surface area contributed by atoms with Crippen molar-refractivity contribution in [3.05, 3.63) is 57.8 Å². The van der Waals surface area contributed by atoms with Crippen molar-refractivity contribution in [2.45, 2.75) is 20.0 Å². The monoisotopic (exact) mass is 318 g/mol. The van der Waals surface area contributed by atoms with Crippen molar-refractivity contribution in [1.82, 2.24) is 9.97 Å². The highest BCUT2D eigenvalue weighted by Crippen LogP contribution is 2.31. The van der Waals surface area contributed by atoms with Gasteiger partial charge in [-0.15, -0.1) is 11.3 Å². The number of halogens is 1. The molecule has 21 heavy (non-hydrogen) atoms. The summed E-state index contributed by atoms with van der Waals surface area (Å²) in [4.78, 5) is 11.2. The van der Waals surface area contributed by atoms with E-state index in [1.807, 2.05) is 50.2 Å². The molecule has 0 saturated carbocycles. The van der Waals surface area contributed by atoms with Crippen LogP contribution >= 0.6 is 22.9 Å². The average molecular weight is 319 g/mol. The number of ether oxygens (including phenoxy) is 1. The minimum Gasteiger partial charge on any atom is -0.366 e. The summed E-state index contributed by atoms with van der Waals surface area (Å²) in [5, 5.41) is 1.39. The third kappa shape index (κ3) is 2.93. The first-order valence-electron chi connectivity index (χ1n) is 6.79. The number of aromatic nitrogens is 2. The summed E-state index contributed by atoms with van der Waals surface area (Å²) in [5.74, 6) is 0.613. The van der Waals surface area contributed by atoms with Crippen LogP contribution in [-0.2, 0) is 4.74 Å². The highest BCUT2D eigenvalue weighted by Gasteiger charge is 2.20. The Morgan fingerprint density at radius 1 is 1.24 bits per heavy atom. The van der Waals surface area contributed by atoms with Crippen LogP contribution < -0.4 is 0 Å². The fraction of sp³-hybridized carbons (Fsp3) is 0.250. The van der Waals surface area contributed by atoms with Crippen molar-refractivity contribution in [3.8, 4) is 0 Å². The Kier molecular flexibility index (Phi) is 4.19. The SMILES string of the molecule is CCOC(c1ccccc1)c1nc(Cl)c2cc(C)sc2n1. The predicted molar refractivity (Wildman–Crippen MR) is 87.1 cm³/mol. The molecule has 0 aliphatic carbocycles. The maximum absolute atomic E-state index is 6.31. The van der Waals surface area contributed by atoms with E-state index >= 15 is 0 Å². The maximum Gasteiger partial charge on any atom is 0.165 e. The molecule has 3 rings (SSSR count). The molecule has 3 aromatic rings. The van der Waals surface area contributed by atoms with Crippen LogP contribution in [0.1, 0.15) is 29.3 Å². The first kappa shape index (κ1) is 14.4. The number of fused-ring (bicyclic) bond motifs is 1. The number of rotatable bonds is 4. The summed E-state index contributed by atoms with van der Waals surface area (Å²) in [6.45, 7) is 4.59. The van der Waals surface area contributed by atoms with E-state index in [4.69, 9.17) is 16.3 Å². The average Bonchev–Trinajstić information content (AvgIpc) is 2.86. The van der Waals surface area contributed by atoms with Crippen LogP contribution in [0.3, 0.4) is 0 Å². The van der Waals surface area contributed by atoms with Gasteiger partial charge >= 0.3 is 0 Å². The standard InChI is InChI=1S/C16H15ClN2OS/c1-3-20-13(11-7-5-4-6-8-11)15-18-14(17)12-9-10(2)21-16(12)19-15/h4-9,13H,3H2,1-2H3. The lowest BCUT2D eigenvalue weighted by Gasteiger charge is -2.16. The molecule has 0 bridgehead atoms. The van der Waals surface area contributed by atoms with E-state index < -0.39 is 0 Å². The second kappa shape index (κ2) is 6.10. The molecular formula is C16H15ClN2OS. The first-order valence-corrected chi connectivity index (χ1v) is 7.98. The molecule has 0 aliphatic rings. The quantitative estimate of drug-likeness (QED) is 0.649. The molecule has 0 amide bonds. The minimum atomic E-state index is -0.291. The Hall–Kier alpha value is -1.49. The molecule has 2 aromatic heterocycles. The Morgan fingerprint density at radius 3 is 2.71 bits per heavy atom. The molecule has 0 fully saturated rings. The van der Waals surface area contributed by atoms with Crippen molar-refractivity contribution in [3.63, 3.8) is 0 Å². The molecule has 0 saturated heterocycles. The molecule has 0 N–H and O–H groups in total. The Morgan fingerprint density at radius 2 is 2.00 bits per heavy atom. The van der Waals surface area contributed by atoms with Crippen molar-refractivity contribution >= 4 is 33.2 Å². The lowest BCUT2D eigenvalue weighted by atomic mass is 10.1. The van der Waals surface area contributed by atoms with Gasteiger partial charge in [0.2, 0.25) is 0 Å². The molecule has 0 spiro atoms. The fourth-order valence-corrected chi connectivity index (χ4v) is 3.43. The third-order valence-corrected chi connectivity index (χ3v) is 4.39. The van der Waals surface area contributed by atoms with Gasteiger partial charge in [-0.3, -0.25) is 0 Å². The summed E-state index contributed by atoms with van der Waals surface area (Å²) in [5.41, 5.74) is 1.03. The normalized spacial score (nSPS) is 12.7. The second-order valence-corrected chi connectivity index (χ2v) is 6.29. The van der Waals surface area contributed by atoms with Gasteiger partial charge in [-0.1, -0.05) is 41.9 Å². The van der Waals surface area contributed by atoms with Gasteiger partial charge in [0, 0.05) is 16.9 Å². The van der Waals surface area contributed by atoms with Gasteiger partial charge in [-0.25, -0.2) is 9.97 Å². The van der Waals surface area contributed by atoms with Crippen LogP contribution in [0.15, 0.2) is 36.4 Å². The van der Waals surface area contributed by atoms with Crippen LogP contribution in [0.5, 0.6) is 0 Å². The molecule has 1 unspecified atom stereocenters. The number of nitrogens with zero attached hydrogens (tertiary/aromatic N) is 2. The minimum absolute atomic E-state index is 0.291. The Labute approximate surface area is 132 Å². The molecule has 1 aromatic carbocycles. The van der Waals surface area contributed by atoms with E-state index in [0.29, 0.717) is 17.6 Å². The van der Waals surface area contributed by atoms with E-state index in [-0.39, 0.29) is 6.10 Å². The second-order valence-electron chi connectivity index (χ2n) is 4.69. The topological polar surface area (TPSA) is 35.0 Å². The van der Waals surface area contributed by atoms with Gasteiger partial charge in [0.15, 0.2) is 5.82 Å². The third-order valence-electron chi connectivity index (χ3n) is 3.16. The predicted octanol–water partition coefficient (Wildman–Crippen LogP) is 4.78. The van der Waals surface area contributed by atoms with Crippen molar-refractivity contribution in [1.29, 1.82) is 0 Å². The summed E-state index contributed by atoms with van der Waals surface area (Å²) in [7, 11) is 0. The summed E-state index contributed by atoms with van der Waals surface area (Å²) >= 11 is 7.93. The van der Waals surface area contributed by atoms with E-state index in [1.165, 1.54) is 4.88 Å². The van der Waals surface area contributed by atoms with Crippen molar-refractivity contribution in [2.24, 2.45) is 0 Å². The smallest absolute Gasteiger partial charge is 0.165 e. The molecule has 1 atom stereocenters.